The van der Waals surface area contributed by atoms with E-state index in [1.807, 2.05) is 23.0 Å². The summed E-state index contributed by atoms with van der Waals surface area (Å²) in [5, 5.41) is 8.00. The summed E-state index contributed by atoms with van der Waals surface area (Å²) in [5.41, 5.74) is 4.19. The zero-order valence-corrected chi connectivity index (χ0v) is 17.3. The molecule has 4 bridgehead atoms. The molecule has 0 spiro atoms. The number of benzene rings is 1. The highest BCUT2D eigenvalue weighted by molar-refractivity contribution is 5.80. The molecule has 1 fully saturated rings. The van der Waals surface area contributed by atoms with Crippen molar-refractivity contribution >= 4 is 11.5 Å². The van der Waals surface area contributed by atoms with E-state index < -0.39 is 0 Å². The van der Waals surface area contributed by atoms with Gasteiger partial charge in [-0.15, -0.1) is 0 Å². The third-order valence-electron chi connectivity index (χ3n) is 6.28. The number of hydrogen-bond acceptors (Lipinski definition) is 6. The summed E-state index contributed by atoms with van der Waals surface area (Å²) < 4.78 is 8.12. The first kappa shape index (κ1) is 18.4. The third kappa shape index (κ3) is 3.45. The Labute approximate surface area is 171 Å². The second kappa shape index (κ2) is 7.31. The molecule has 1 saturated heterocycles. The maximum Gasteiger partial charge on any atom is 0.165 e. The summed E-state index contributed by atoms with van der Waals surface area (Å²) in [6, 6.07) is 9.21. The summed E-state index contributed by atoms with van der Waals surface area (Å²) in [6.07, 6.45) is 3.86. The van der Waals surface area contributed by atoms with E-state index in [1.54, 1.807) is 0 Å². The number of nitrogens with zero attached hydrogens (tertiary/aromatic N) is 5. The minimum Gasteiger partial charge on any atom is -0.492 e. The van der Waals surface area contributed by atoms with Crippen LogP contribution in [0.3, 0.4) is 0 Å². The number of nitrogens with one attached hydrogen (secondary N) is 1. The van der Waals surface area contributed by atoms with E-state index in [0.717, 1.165) is 54.5 Å². The van der Waals surface area contributed by atoms with Gasteiger partial charge in [0.15, 0.2) is 5.65 Å². The lowest BCUT2D eigenvalue weighted by atomic mass is 10.0. The Kier molecular flexibility index (Phi) is 4.64. The molecule has 4 heterocycles. The van der Waals surface area contributed by atoms with Gasteiger partial charge in [-0.05, 0) is 50.2 Å². The highest BCUT2D eigenvalue weighted by atomic mass is 16.5. The highest BCUT2D eigenvalue weighted by Crippen LogP contribution is 2.31. The summed E-state index contributed by atoms with van der Waals surface area (Å²) in [5.74, 6) is 1.79. The summed E-state index contributed by atoms with van der Waals surface area (Å²) in [6.45, 7) is 8.97. The molecule has 0 amide bonds. The number of piperazine rings is 1. The van der Waals surface area contributed by atoms with Crippen LogP contribution in [0.15, 0.2) is 36.7 Å². The van der Waals surface area contributed by atoms with Crippen LogP contribution in [-0.2, 0) is 0 Å². The first-order chi connectivity index (χ1) is 14.1. The largest absolute Gasteiger partial charge is 0.492 e. The molecule has 0 radical (unpaired) electrons. The number of aromatic nitrogens is 3. The molecule has 0 saturated carbocycles. The van der Waals surface area contributed by atoms with Gasteiger partial charge in [-0.25, -0.2) is 9.50 Å². The van der Waals surface area contributed by atoms with Gasteiger partial charge < -0.3 is 15.0 Å². The average molecular weight is 393 g/mol. The number of hydrogen-bond donors (Lipinski definition) is 1. The Morgan fingerprint density at radius 1 is 1.17 bits per heavy atom. The Morgan fingerprint density at radius 3 is 2.97 bits per heavy atom. The lowest BCUT2D eigenvalue weighted by Crippen LogP contribution is -2.58. The molecule has 1 N–H and O–H groups in total. The van der Waals surface area contributed by atoms with Crippen LogP contribution >= 0.6 is 0 Å². The minimum absolute atomic E-state index is 0.368. The number of aryl methyl sites for hydroxylation is 1. The second-order valence-corrected chi connectivity index (χ2v) is 8.29. The van der Waals surface area contributed by atoms with E-state index in [2.05, 4.69) is 59.3 Å². The topological polar surface area (TPSA) is 57.9 Å². The fraction of sp³-hybridized carbons (Fsp3) is 0.455. The third-order valence-corrected chi connectivity index (χ3v) is 6.28. The number of anilines is 1. The van der Waals surface area contributed by atoms with Crippen LogP contribution in [-0.4, -0.2) is 76.3 Å². The van der Waals surface area contributed by atoms with E-state index in [1.165, 1.54) is 5.56 Å². The fourth-order valence-electron chi connectivity index (χ4n) is 4.35. The first-order valence-corrected chi connectivity index (χ1v) is 10.3. The Balaban J connectivity index is 1.56. The zero-order chi connectivity index (χ0) is 20.0. The van der Waals surface area contributed by atoms with Crippen molar-refractivity contribution < 1.29 is 4.74 Å². The van der Waals surface area contributed by atoms with Gasteiger partial charge in [-0.1, -0.05) is 6.07 Å². The quantitative estimate of drug-likeness (QED) is 0.634. The van der Waals surface area contributed by atoms with E-state index in [-0.39, 0.29) is 0 Å². The number of ether oxygens (including phenoxy) is 1. The predicted octanol–water partition coefficient (Wildman–Crippen LogP) is 2.51. The molecular weight excluding hydrogens is 364 g/mol. The Bertz CT molecular complexity index is 1030. The normalized spacial score (nSPS) is 23.3. The van der Waals surface area contributed by atoms with E-state index in [0.29, 0.717) is 18.7 Å². The number of fused-ring (bicyclic) bond motifs is 5. The molecular formula is C22H28N6O. The molecule has 5 rings (SSSR count). The highest BCUT2D eigenvalue weighted by Gasteiger charge is 2.30. The SMILES string of the molecule is Cc1ccc2cc1-c1cnn3ccc(nc13)NCCN1C[C@@H](C)N(C)C[C@H]1CO2. The standard InChI is InChI=1S/C22H28N6O/c1-15-4-5-18-10-19(15)20-11-24-28-8-6-21(25-22(20)28)23-7-9-27-12-16(2)26(3)13-17(27)14-29-18/h4-6,8,10-11,16-17H,7,9,12-14H2,1-3H3,(H,23,25)/t16-,17+/m1/s1. The van der Waals surface area contributed by atoms with Gasteiger partial charge in [0, 0.05) is 44.0 Å². The van der Waals surface area contributed by atoms with Crippen LogP contribution in [0.1, 0.15) is 12.5 Å². The molecule has 7 nitrogen and oxygen atoms in total. The molecule has 29 heavy (non-hydrogen) atoms. The van der Waals surface area contributed by atoms with Crippen LogP contribution < -0.4 is 10.1 Å². The van der Waals surface area contributed by atoms with Crippen LogP contribution in [0.5, 0.6) is 5.75 Å². The molecule has 2 atom stereocenters. The number of rotatable bonds is 0. The summed E-state index contributed by atoms with van der Waals surface area (Å²) in [4.78, 5) is 9.82. The summed E-state index contributed by atoms with van der Waals surface area (Å²) in [7, 11) is 2.20. The minimum atomic E-state index is 0.368. The van der Waals surface area contributed by atoms with Crippen LogP contribution in [0.4, 0.5) is 5.82 Å². The molecule has 0 aliphatic carbocycles. The van der Waals surface area contributed by atoms with Crippen molar-refractivity contribution in [1.29, 1.82) is 0 Å². The monoisotopic (exact) mass is 392 g/mol. The molecule has 2 aliphatic rings. The smallest absolute Gasteiger partial charge is 0.165 e. The average Bonchev–Trinajstić information content (AvgIpc) is 3.13. The van der Waals surface area contributed by atoms with Gasteiger partial charge in [0.2, 0.25) is 0 Å². The maximum atomic E-state index is 6.29. The van der Waals surface area contributed by atoms with Crippen molar-refractivity contribution in [2.45, 2.75) is 25.9 Å². The van der Waals surface area contributed by atoms with Crippen molar-refractivity contribution in [2.75, 3.05) is 45.2 Å². The molecule has 152 valence electrons. The van der Waals surface area contributed by atoms with E-state index >= 15 is 0 Å². The van der Waals surface area contributed by atoms with Crippen LogP contribution in [0, 0.1) is 6.92 Å². The maximum absolute atomic E-state index is 6.29. The number of likely N-dealkylation sites (N-methyl/N-ethyl adjacent to an activating group) is 1. The van der Waals surface area contributed by atoms with Crippen molar-refractivity contribution in [1.82, 2.24) is 24.4 Å². The molecule has 2 aliphatic heterocycles. The Morgan fingerprint density at radius 2 is 2.07 bits per heavy atom. The van der Waals surface area contributed by atoms with Gasteiger partial charge in [0.1, 0.15) is 18.2 Å². The lowest BCUT2D eigenvalue weighted by Gasteiger charge is -2.43. The van der Waals surface area contributed by atoms with Gasteiger partial charge in [-0.3, -0.25) is 4.90 Å². The van der Waals surface area contributed by atoms with Gasteiger partial charge in [-0.2, -0.15) is 5.10 Å². The molecule has 3 aromatic rings. The van der Waals surface area contributed by atoms with Crippen molar-refractivity contribution in [2.24, 2.45) is 0 Å². The van der Waals surface area contributed by atoms with Gasteiger partial charge >= 0.3 is 0 Å². The molecule has 7 heteroatoms. The molecule has 2 aromatic heterocycles. The van der Waals surface area contributed by atoms with Crippen molar-refractivity contribution in [3.05, 3.63) is 42.2 Å². The van der Waals surface area contributed by atoms with E-state index in [9.17, 15) is 0 Å². The lowest BCUT2D eigenvalue weighted by molar-refractivity contribution is 0.0306. The van der Waals surface area contributed by atoms with Gasteiger partial charge in [0.25, 0.3) is 0 Å². The van der Waals surface area contributed by atoms with Crippen molar-refractivity contribution in [3.8, 4) is 16.9 Å². The first-order valence-electron chi connectivity index (χ1n) is 10.3. The summed E-state index contributed by atoms with van der Waals surface area (Å²) >= 11 is 0. The molecule has 0 unspecified atom stereocenters. The van der Waals surface area contributed by atoms with E-state index in [4.69, 9.17) is 9.72 Å². The fourth-order valence-corrected chi connectivity index (χ4v) is 4.35. The van der Waals surface area contributed by atoms with Crippen LogP contribution in [0.2, 0.25) is 0 Å². The molecule has 1 aromatic carbocycles. The predicted molar refractivity (Wildman–Crippen MR) is 115 cm³/mol. The zero-order valence-electron chi connectivity index (χ0n) is 17.3. The van der Waals surface area contributed by atoms with Gasteiger partial charge in [0.05, 0.1) is 12.2 Å². The van der Waals surface area contributed by atoms with Crippen LogP contribution in [0.25, 0.3) is 16.8 Å². The van der Waals surface area contributed by atoms with Crippen molar-refractivity contribution in [3.63, 3.8) is 0 Å². The second-order valence-electron chi connectivity index (χ2n) is 8.29. The Hall–Kier alpha value is -2.64.